The smallest absolute Gasteiger partial charge is 0.274 e. The molecule has 1 aromatic carbocycles. The van der Waals surface area contributed by atoms with E-state index >= 15 is 0 Å². The summed E-state index contributed by atoms with van der Waals surface area (Å²) >= 11 is 0. The monoisotopic (exact) mass is 381 g/mol. The van der Waals surface area contributed by atoms with Gasteiger partial charge in [-0.25, -0.2) is 9.86 Å². The van der Waals surface area contributed by atoms with E-state index in [9.17, 15) is 8.42 Å². The van der Waals surface area contributed by atoms with Crippen LogP contribution >= 0.6 is 0 Å². The third kappa shape index (κ3) is 3.81. The van der Waals surface area contributed by atoms with Crippen molar-refractivity contribution in [2.24, 2.45) is 10.6 Å². The van der Waals surface area contributed by atoms with Crippen LogP contribution in [0.4, 0.5) is 5.69 Å². The summed E-state index contributed by atoms with van der Waals surface area (Å²) in [5.74, 6) is 1.24. The first-order chi connectivity index (χ1) is 12.2. The molecule has 1 saturated heterocycles. The standard InChI is InChI=1S/C16H23N5O4S/c1-16(4-5-19-26(17,22)23)9-21(10-16)13-8-18-20-12-7-15(25-3)14(24-2)6-11(12)13/h6-8,19H,4-5,9-10H2,1-3H3,(H2,17,22,23). The van der Waals surface area contributed by atoms with Gasteiger partial charge in [-0.2, -0.15) is 18.6 Å². The molecule has 0 spiro atoms. The summed E-state index contributed by atoms with van der Waals surface area (Å²) in [6.45, 7) is 4.02. The van der Waals surface area contributed by atoms with Crippen molar-refractivity contribution in [3.05, 3.63) is 18.3 Å². The van der Waals surface area contributed by atoms with E-state index in [1.807, 2.05) is 6.07 Å². The fourth-order valence-electron chi connectivity index (χ4n) is 3.32. The SMILES string of the molecule is COc1cc2nncc(N3CC(C)(CCNS(N)(=O)=O)C3)c2cc1OC. The second kappa shape index (κ2) is 6.86. The van der Waals surface area contributed by atoms with Crippen LogP contribution in [-0.4, -0.2) is 52.5 Å². The molecule has 0 saturated carbocycles. The highest BCUT2D eigenvalue weighted by atomic mass is 32.2. The molecule has 0 aliphatic carbocycles. The first-order valence-corrected chi connectivity index (χ1v) is 9.69. The molecule has 0 amide bonds. The van der Waals surface area contributed by atoms with Gasteiger partial charge < -0.3 is 14.4 Å². The van der Waals surface area contributed by atoms with Crippen LogP contribution < -0.4 is 24.2 Å². The van der Waals surface area contributed by atoms with Gasteiger partial charge in [-0.15, -0.1) is 0 Å². The Morgan fingerprint density at radius 1 is 1.27 bits per heavy atom. The van der Waals surface area contributed by atoms with Gasteiger partial charge in [0.05, 0.1) is 31.6 Å². The number of benzene rings is 1. The zero-order chi connectivity index (χ0) is 18.9. The molecule has 1 aliphatic heterocycles. The van der Waals surface area contributed by atoms with E-state index in [4.69, 9.17) is 14.6 Å². The molecule has 3 rings (SSSR count). The summed E-state index contributed by atoms with van der Waals surface area (Å²) in [6, 6.07) is 3.70. The number of methoxy groups -OCH3 is 2. The van der Waals surface area contributed by atoms with Crippen LogP contribution in [0.3, 0.4) is 0 Å². The maximum Gasteiger partial charge on any atom is 0.274 e. The molecule has 142 valence electrons. The Morgan fingerprint density at radius 3 is 2.54 bits per heavy atom. The molecule has 0 unspecified atom stereocenters. The Morgan fingerprint density at radius 2 is 1.92 bits per heavy atom. The van der Waals surface area contributed by atoms with Gasteiger partial charge in [0.2, 0.25) is 0 Å². The van der Waals surface area contributed by atoms with Crippen LogP contribution in [0.25, 0.3) is 10.9 Å². The van der Waals surface area contributed by atoms with E-state index < -0.39 is 10.2 Å². The number of nitrogens with two attached hydrogens (primary N) is 1. The van der Waals surface area contributed by atoms with Gasteiger partial charge in [-0.1, -0.05) is 6.92 Å². The lowest BCUT2D eigenvalue weighted by Gasteiger charge is -2.49. The van der Waals surface area contributed by atoms with E-state index in [1.165, 1.54) is 0 Å². The summed E-state index contributed by atoms with van der Waals surface area (Å²) in [4.78, 5) is 2.19. The second-order valence-corrected chi connectivity index (χ2v) is 8.19. The fraction of sp³-hybridized carbons (Fsp3) is 0.500. The molecule has 9 nitrogen and oxygen atoms in total. The topological polar surface area (TPSA) is 120 Å². The van der Waals surface area contributed by atoms with Crippen LogP contribution in [0.5, 0.6) is 11.5 Å². The Bertz CT molecular complexity index is 912. The lowest BCUT2D eigenvalue weighted by molar-refractivity contribution is 0.225. The summed E-state index contributed by atoms with van der Waals surface area (Å²) < 4.78 is 35.0. The van der Waals surface area contributed by atoms with Gasteiger partial charge in [0.25, 0.3) is 10.2 Å². The molecule has 2 aromatic rings. The molecular weight excluding hydrogens is 358 g/mol. The van der Waals surface area contributed by atoms with Crippen LogP contribution in [0.2, 0.25) is 0 Å². The number of hydrogen-bond donors (Lipinski definition) is 2. The van der Waals surface area contributed by atoms with Gasteiger partial charge in [0.15, 0.2) is 11.5 Å². The first-order valence-electron chi connectivity index (χ1n) is 8.14. The lowest BCUT2D eigenvalue weighted by Crippen LogP contribution is -2.56. The number of nitrogens with one attached hydrogen (secondary N) is 1. The van der Waals surface area contributed by atoms with Gasteiger partial charge >= 0.3 is 0 Å². The van der Waals surface area contributed by atoms with Gasteiger partial charge in [0.1, 0.15) is 0 Å². The Balaban J connectivity index is 1.78. The third-order valence-corrected chi connectivity index (χ3v) is 5.25. The Labute approximate surface area is 152 Å². The van der Waals surface area contributed by atoms with Crippen molar-refractivity contribution >= 4 is 26.8 Å². The lowest BCUT2D eigenvalue weighted by atomic mass is 9.78. The second-order valence-electron chi connectivity index (χ2n) is 6.81. The predicted molar refractivity (Wildman–Crippen MR) is 98.7 cm³/mol. The van der Waals surface area contributed by atoms with Crippen LogP contribution in [0, 0.1) is 5.41 Å². The fourth-order valence-corrected chi connectivity index (χ4v) is 3.71. The summed E-state index contributed by atoms with van der Waals surface area (Å²) in [7, 11) is -0.472. The minimum atomic E-state index is -3.65. The largest absolute Gasteiger partial charge is 0.493 e. The van der Waals surface area contributed by atoms with Gasteiger partial charge in [0, 0.05) is 36.5 Å². The van der Waals surface area contributed by atoms with Crippen molar-refractivity contribution in [3.8, 4) is 11.5 Å². The zero-order valence-electron chi connectivity index (χ0n) is 15.0. The quantitative estimate of drug-likeness (QED) is 0.723. The number of aromatic nitrogens is 2. The van der Waals surface area contributed by atoms with Crippen molar-refractivity contribution in [2.75, 3.05) is 38.8 Å². The maximum absolute atomic E-state index is 11.0. The Hall–Kier alpha value is -2.17. The summed E-state index contributed by atoms with van der Waals surface area (Å²) in [5, 5.41) is 14.2. The molecule has 1 fully saturated rings. The minimum absolute atomic E-state index is 0.00381. The van der Waals surface area contributed by atoms with E-state index in [0.717, 1.165) is 29.7 Å². The zero-order valence-corrected chi connectivity index (χ0v) is 15.8. The van der Waals surface area contributed by atoms with Gasteiger partial charge in [-0.05, 0) is 12.5 Å². The molecule has 1 aromatic heterocycles. The number of rotatable bonds is 7. The van der Waals surface area contributed by atoms with E-state index in [-0.39, 0.29) is 5.41 Å². The highest BCUT2D eigenvalue weighted by Crippen LogP contribution is 2.41. The van der Waals surface area contributed by atoms with Crippen LogP contribution in [0.1, 0.15) is 13.3 Å². The third-order valence-electron chi connectivity index (χ3n) is 4.64. The van der Waals surface area contributed by atoms with Crippen molar-refractivity contribution in [1.29, 1.82) is 0 Å². The number of fused-ring (bicyclic) bond motifs is 1. The molecule has 0 bridgehead atoms. The van der Waals surface area contributed by atoms with Crippen molar-refractivity contribution in [3.63, 3.8) is 0 Å². The molecular formula is C16H23N5O4S. The number of hydrogen-bond acceptors (Lipinski definition) is 7. The molecule has 1 aliphatic rings. The average molecular weight is 381 g/mol. The average Bonchev–Trinajstić information content (AvgIpc) is 2.56. The number of anilines is 1. The molecule has 3 N–H and O–H groups in total. The highest BCUT2D eigenvalue weighted by Gasteiger charge is 2.39. The maximum atomic E-state index is 11.0. The summed E-state index contributed by atoms with van der Waals surface area (Å²) in [6.07, 6.45) is 2.43. The molecule has 0 atom stereocenters. The van der Waals surface area contributed by atoms with Crippen LogP contribution in [-0.2, 0) is 10.2 Å². The van der Waals surface area contributed by atoms with Crippen molar-refractivity contribution in [2.45, 2.75) is 13.3 Å². The highest BCUT2D eigenvalue weighted by molar-refractivity contribution is 7.87. The Kier molecular flexibility index (Phi) is 4.91. The van der Waals surface area contributed by atoms with Crippen molar-refractivity contribution < 1.29 is 17.9 Å². The normalized spacial score (nSPS) is 16.4. The molecule has 26 heavy (non-hydrogen) atoms. The first kappa shape index (κ1) is 18.6. The van der Waals surface area contributed by atoms with E-state index in [0.29, 0.717) is 24.5 Å². The molecule has 2 heterocycles. The minimum Gasteiger partial charge on any atom is -0.493 e. The summed E-state index contributed by atoms with van der Waals surface area (Å²) in [5.41, 5.74) is 1.70. The molecule has 10 heteroatoms. The predicted octanol–water partition coefficient (Wildman–Crippen LogP) is 0.657. The van der Waals surface area contributed by atoms with Crippen LogP contribution in [0.15, 0.2) is 18.3 Å². The number of nitrogens with zero attached hydrogens (tertiary/aromatic N) is 3. The number of ether oxygens (including phenoxy) is 2. The molecule has 0 radical (unpaired) electrons. The van der Waals surface area contributed by atoms with Crippen molar-refractivity contribution in [1.82, 2.24) is 14.9 Å². The van der Waals surface area contributed by atoms with E-state index in [2.05, 4.69) is 26.7 Å². The van der Waals surface area contributed by atoms with Gasteiger partial charge in [-0.3, -0.25) is 0 Å². The van der Waals surface area contributed by atoms with E-state index in [1.54, 1.807) is 26.5 Å².